The third-order valence-corrected chi connectivity index (χ3v) is 5.41. The number of carboxylic acid groups (broad SMARTS) is 1. The lowest BCUT2D eigenvalue weighted by Crippen LogP contribution is -2.46. The second-order valence-corrected chi connectivity index (χ2v) is 7.05. The minimum Gasteiger partial charge on any atom is -0.492 e. The standard InChI is InChI=1S/C19H21N3O4/c1-2-5-12-8-15(21-20-12)17(23)22-9-14-13-6-3-4-7-16(13)26-11-19(14,10-22)18(24)25/h3-4,6-8,14H,2,5,9-11H2,1H3,(H,20,21)(H,24,25)/t14?,19-/m1/s1. The van der Waals surface area contributed by atoms with Crippen molar-refractivity contribution in [2.45, 2.75) is 25.7 Å². The van der Waals surface area contributed by atoms with Gasteiger partial charge in [-0.15, -0.1) is 0 Å². The van der Waals surface area contributed by atoms with E-state index in [2.05, 4.69) is 17.1 Å². The minimum absolute atomic E-state index is 0.0649. The summed E-state index contributed by atoms with van der Waals surface area (Å²) >= 11 is 0. The molecule has 1 fully saturated rings. The van der Waals surface area contributed by atoms with Gasteiger partial charge in [0.1, 0.15) is 23.5 Å². The lowest BCUT2D eigenvalue weighted by Gasteiger charge is -2.35. The molecule has 3 heterocycles. The summed E-state index contributed by atoms with van der Waals surface area (Å²) in [5.74, 6) is -0.756. The van der Waals surface area contributed by atoms with Crippen molar-refractivity contribution in [2.75, 3.05) is 19.7 Å². The van der Waals surface area contributed by atoms with Crippen LogP contribution < -0.4 is 4.74 Å². The third kappa shape index (κ3) is 2.46. The monoisotopic (exact) mass is 355 g/mol. The van der Waals surface area contributed by atoms with E-state index < -0.39 is 11.4 Å². The molecule has 2 atom stereocenters. The molecule has 0 bridgehead atoms. The van der Waals surface area contributed by atoms with Gasteiger partial charge < -0.3 is 14.7 Å². The zero-order valence-corrected chi connectivity index (χ0v) is 14.6. The zero-order chi connectivity index (χ0) is 18.3. The smallest absolute Gasteiger partial charge is 0.315 e. The molecule has 2 N–H and O–H groups in total. The number of aryl methyl sites for hydroxylation is 1. The number of carbonyl (C=O) groups is 2. The molecule has 2 aliphatic rings. The first-order valence-corrected chi connectivity index (χ1v) is 8.84. The molecule has 0 aliphatic carbocycles. The Bertz CT molecular complexity index is 862. The summed E-state index contributed by atoms with van der Waals surface area (Å²) in [4.78, 5) is 26.6. The average molecular weight is 355 g/mol. The quantitative estimate of drug-likeness (QED) is 0.875. The Morgan fingerprint density at radius 1 is 1.42 bits per heavy atom. The fourth-order valence-corrected chi connectivity index (χ4v) is 4.02. The number of H-pyrrole nitrogens is 1. The van der Waals surface area contributed by atoms with Gasteiger partial charge in [0.25, 0.3) is 5.91 Å². The van der Waals surface area contributed by atoms with Crippen LogP contribution in [0.3, 0.4) is 0 Å². The summed E-state index contributed by atoms with van der Waals surface area (Å²) in [6.45, 7) is 2.59. The number of para-hydroxylation sites is 1. The van der Waals surface area contributed by atoms with E-state index in [1.165, 1.54) is 0 Å². The van der Waals surface area contributed by atoms with Crippen LogP contribution in [0.25, 0.3) is 0 Å². The third-order valence-electron chi connectivity index (χ3n) is 5.41. The number of hydrogen-bond acceptors (Lipinski definition) is 4. The molecule has 7 heteroatoms. The fourth-order valence-electron chi connectivity index (χ4n) is 4.02. The Morgan fingerprint density at radius 3 is 3.00 bits per heavy atom. The zero-order valence-electron chi connectivity index (χ0n) is 14.6. The van der Waals surface area contributed by atoms with Crippen LogP contribution >= 0.6 is 0 Å². The summed E-state index contributed by atoms with van der Waals surface area (Å²) in [5, 5.41) is 16.9. The molecule has 7 nitrogen and oxygen atoms in total. The molecule has 1 amide bonds. The molecular weight excluding hydrogens is 334 g/mol. The molecule has 26 heavy (non-hydrogen) atoms. The number of aromatic nitrogens is 2. The van der Waals surface area contributed by atoms with Gasteiger partial charge in [-0.25, -0.2) is 0 Å². The van der Waals surface area contributed by atoms with Crippen LogP contribution in [-0.4, -0.2) is 51.8 Å². The molecule has 1 saturated heterocycles. The van der Waals surface area contributed by atoms with Crippen LogP contribution in [0.1, 0.15) is 41.0 Å². The summed E-state index contributed by atoms with van der Waals surface area (Å²) in [6.07, 6.45) is 1.78. The van der Waals surface area contributed by atoms with Gasteiger partial charge in [-0.05, 0) is 18.6 Å². The lowest BCUT2D eigenvalue weighted by molar-refractivity contribution is -0.151. The molecule has 0 saturated carbocycles. The molecule has 136 valence electrons. The number of benzene rings is 1. The van der Waals surface area contributed by atoms with Crippen molar-refractivity contribution in [1.82, 2.24) is 15.1 Å². The highest BCUT2D eigenvalue weighted by atomic mass is 16.5. The summed E-state index contributed by atoms with van der Waals surface area (Å²) in [6, 6.07) is 9.22. The number of rotatable bonds is 4. The Hall–Kier alpha value is -2.83. The van der Waals surface area contributed by atoms with Crippen LogP contribution in [0.15, 0.2) is 30.3 Å². The number of nitrogens with zero attached hydrogens (tertiary/aromatic N) is 2. The predicted molar refractivity (Wildman–Crippen MR) is 93.2 cm³/mol. The van der Waals surface area contributed by atoms with E-state index in [1.807, 2.05) is 24.3 Å². The molecule has 0 radical (unpaired) electrons. The van der Waals surface area contributed by atoms with Gasteiger partial charge in [0.2, 0.25) is 0 Å². The number of aliphatic carboxylic acids is 1. The number of fused-ring (bicyclic) bond motifs is 3. The second kappa shape index (κ2) is 6.16. The number of amides is 1. The van der Waals surface area contributed by atoms with Crippen molar-refractivity contribution in [3.05, 3.63) is 47.3 Å². The van der Waals surface area contributed by atoms with Crippen molar-refractivity contribution in [1.29, 1.82) is 0 Å². The highest BCUT2D eigenvalue weighted by Gasteiger charge is 2.57. The number of carboxylic acids is 1. The van der Waals surface area contributed by atoms with Gasteiger partial charge >= 0.3 is 5.97 Å². The number of likely N-dealkylation sites (tertiary alicyclic amines) is 1. The van der Waals surface area contributed by atoms with Gasteiger partial charge in [-0.2, -0.15) is 5.10 Å². The maximum atomic E-state index is 12.9. The maximum Gasteiger partial charge on any atom is 0.315 e. The number of aromatic amines is 1. The van der Waals surface area contributed by atoms with Crippen LogP contribution in [0.4, 0.5) is 0 Å². The van der Waals surface area contributed by atoms with E-state index in [-0.39, 0.29) is 25.0 Å². The Balaban J connectivity index is 1.65. The Morgan fingerprint density at radius 2 is 2.23 bits per heavy atom. The van der Waals surface area contributed by atoms with Gasteiger partial charge in [-0.3, -0.25) is 14.7 Å². The van der Waals surface area contributed by atoms with E-state index in [4.69, 9.17) is 4.74 Å². The van der Waals surface area contributed by atoms with Crippen molar-refractivity contribution in [3.8, 4) is 5.75 Å². The van der Waals surface area contributed by atoms with Crippen LogP contribution in [0, 0.1) is 5.41 Å². The first-order chi connectivity index (χ1) is 12.5. The Labute approximate surface area is 151 Å². The molecule has 2 aliphatic heterocycles. The average Bonchev–Trinajstić information content (AvgIpc) is 3.27. The van der Waals surface area contributed by atoms with Gasteiger partial charge in [0, 0.05) is 30.3 Å². The van der Waals surface area contributed by atoms with Crippen molar-refractivity contribution in [3.63, 3.8) is 0 Å². The Kier molecular flexibility index (Phi) is 3.94. The minimum atomic E-state index is -1.12. The molecule has 1 aromatic heterocycles. The second-order valence-electron chi connectivity index (χ2n) is 7.05. The van der Waals surface area contributed by atoms with E-state index in [0.29, 0.717) is 18.0 Å². The normalized spacial score (nSPS) is 23.9. The number of hydrogen-bond donors (Lipinski definition) is 2. The summed E-state index contributed by atoms with van der Waals surface area (Å²) < 4.78 is 5.73. The van der Waals surface area contributed by atoms with E-state index in [9.17, 15) is 14.7 Å². The predicted octanol–water partition coefficient (Wildman–Crippen LogP) is 2.07. The first kappa shape index (κ1) is 16.6. The topological polar surface area (TPSA) is 95.5 Å². The van der Waals surface area contributed by atoms with Crippen molar-refractivity contribution < 1.29 is 19.4 Å². The lowest BCUT2D eigenvalue weighted by atomic mass is 9.73. The maximum absolute atomic E-state index is 12.9. The SMILES string of the molecule is CCCc1cc(C(=O)N2CC3c4ccccc4OC[C@]3(C(=O)O)C2)n[nH]1. The van der Waals surface area contributed by atoms with Crippen molar-refractivity contribution in [2.24, 2.45) is 5.41 Å². The van der Waals surface area contributed by atoms with Gasteiger partial charge in [-0.1, -0.05) is 31.5 Å². The summed E-state index contributed by atoms with van der Waals surface area (Å²) in [7, 11) is 0. The van der Waals surface area contributed by atoms with Gasteiger partial charge in [0.05, 0.1) is 0 Å². The number of carbonyl (C=O) groups excluding carboxylic acids is 1. The van der Waals surface area contributed by atoms with E-state index >= 15 is 0 Å². The highest BCUT2D eigenvalue weighted by Crippen LogP contribution is 2.49. The van der Waals surface area contributed by atoms with E-state index in [0.717, 1.165) is 24.1 Å². The first-order valence-electron chi connectivity index (χ1n) is 8.84. The van der Waals surface area contributed by atoms with E-state index in [1.54, 1.807) is 11.0 Å². The largest absolute Gasteiger partial charge is 0.492 e. The molecule has 1 aromatic carbocycles. The van der Waals surface area contributed by atoms with Crippen LogP contribution in [0.2, 0.25) is 0 Å². The molecule has 2 aromatic rings. The van der Waals surface area contributed by atoms with Crippen molar-refractivity contribution >= 4 is 11.9 Å². The highest BCUT2D eigenvalue weighted by molar-refractivity contribution is 5.93. The molecular formula is C19H21N3O4. The van der Waals surface area contributed by atoms with Crippen LogP contribution in [-0.2, 0) is 11.2 Å². The van der Waals surface area contributed by atoms with Gasteiger partial charge in [0.15, 0.2) is 0 Å². The molecule has 4 rings (SSSR count). The fraction of sp³-hybridized carbons (Fsp3) is 0.421. The molecule has 0 spiro atoms. The summed E-state index contributed by atoms with van der Waals surface area (Å²) in [5.41, 5.74) is 0.980. The molecule has 1 unspecified atom stereocenters. The number of nitrogens with one attached hydrogen (secondary N) is 1. The van der Waals surface area contributed by atoms with Crippen LogP contribution in [0.5, 0.6) is 5.75 Å². The number of ether oxygens (including phenoxy) is 1.